The second-order valence-corrected chi connectivity index (χ2v) is 7.74. The van der Waals surface area contributed by atoms with E-state index in [0.717, 1.165) is 11.3 Å². The van der Waals surface area contributed by atoms with Gasteiger partial charge in [0.1, 0.15) is 0 Å². The number of carbonyl (C=O) groups excluding carboxylic acids is 1. The van der Waals surface area contributed by atoms with Crippen LogP contribution in [-0.4, -0.2) is 16.5 Å². The molecule has 24 heavy (non-hydrogen) atoms. The van der Waals surface area contributed by atoms with Crippen LogP contribution in [-0.2, 0) is 4.79 Å². The summed E-state index contributed by atoms with van der Waals surface area (Å²) in [6.45, 7) is 4.10. The van der Waals surface area contributed by atoms with Gasteiger partial charge < -0.3 is 5.32 Å². The lowest BCUT2D eigenvalue weighted by molar-refractivity contribution is -0.115. The minimum Gasteiger partial charge on any atom is -0.300 e. The number of benzene rings is 1. The van der Waals surface area contributed by atoms with Gasteiger partial charge in [-0.25, -0.2) is 4.99 Å². The van der Waals surface area contributed by atoms with Crippen LogP contribution in [0.2, 0.25) is 0 Å². The Kier molecular flexibility index (Phi) is 5.18. The number of thioether (sulfide) groups is 1. The third-order valence-corrected chi connectivity index (χ3v) is 5.41. The van der Waals surface area contributed by atoms with Crippen molar-refractivity contribution in [3.63, 3.8) is 0 Å². The fraction of sp³-hybridized carbons (Fsp3) is 0.222. The zero-order chi connectivity index (χ0) is 17.3. The normalized spacial score (nSPS) is 24.2. The molecule has 0 bridgehead atoms. The molecule has 3 rings (SSSR count). The van der Waals surface area contributed by atoms with Gasteiger partial charge in [0.2, 0.25) is 0 Å². The van der Waals surface area contributed by atoms with Crippen molar-refractivity contribution < 1.29 is 4.79 Å². The molecule has 0 unspecified atom stereocenters. The van der Waals surface area contributed by atoms with E-state index in [1.165, 1.54) is 22.9 Å². The minimum atomic E-state index is -0.166. The predicted molar refractivity (Wildman–Crippen MR) is 103 cm³/mol. The number of hydrogen-bond acceptors (Lipinski definition) is 3. The molecule has 2 aliphatic rings. The quantitative estimate of drug-likeness (QED) is 0.574. The van der Waals surface area contributed by atoms with Gasteiger partial charge in [-0.1, -0.05) is 29.8 Å². The van der Waals surface area contributed by atoms with Gasteiger partial charge in [0.05, 0.1) is 16.0 Å². The maximum atomic E-state index is 12.1. The van der Waals surface area contributed by atoms with Crippen molar-refractivity contribution in [1.82, 2.24) is 5.32 Å². The number of halogens is 2. The summed E-state index contributed by atoms with van der Waals surface area (Å²) in [5.41, 5.74) is 4.02. The lowest BCUT2D eigenvalue weighted by Gasteiger charge is -2.11. The number of rotatable bonds is 2. The lowest BCUT2D eigenvalue weighted by atomic mass is 10.1. The molecular formula is C18H16Cl2N2OS. The molecule has 124 valence electrons. The van der Waals surface area contributed by atoms with Crippen LogP contribution in [0.4, 0.5) is 5.69 Å². The highest BCUT2D eigenvalue weighted by Crippen LogP contribution is 2.32. The van der Waals surface area contributed by atoms with Gasteiger partial charge in [-0.15, -0.1) is 11.6 Å². The zero-order valence-corrected chi connectivity index (χ0v) is 15.6. The second-order valence-electron chi connectivity index (χ2n) is 5.69. The van der Waals surface area contributed by atoms with E-state index in [4.69, 9.17) is 23.2 Å². The molecule has 1 atom stereocenters. The van der Waals surface area contributed by atoms with E-state index >= 15 is 0 Å². The highest BCUT2D eigenvalue weighted by Gasteiger charge is 2.25. The average Bonchev–Trinajstić information content (AvgIpc) is 2.85. The van der Waals surface area contributed by atoms with Gasteiger partial charge in [-0.3, -0.25) is 4.79 Å². The average molecular weight is 379 g/mol. The van der Waals surface area contributed by atoms with Crippen molar-refractivity contribution in [3.8, 4) is 0 Å². The van der Waals surface area contributed by atoms with Crippen molar-refractivity contribution in [1.29, 1.82) is 0 Å². The largest absolute Gasteiger partial charge is 0.300 e. The SMILES string of the molecule is Cc1ccc(N=C2NC(=O)/C(=C/C3=C(Cl)C[C@@H](Cl)C=C3)S2)cc1C. The van der Waals surface area contributed by atoms with Gasteiger partial charge >= 0.3 is 0 Å². The van der Waals surface area contributed by atoms with Crippen molar-refractivity contribution in [3.05, 3.63) is 63.1 Å². The minimum absolute atomic E-state index is 0.0911. The Morgan fingerprint density at radius 1 is 1.33 bits per heavy atom. The third kappa shape index (κ3) is 3.94. The molecule has 1 aromatic rings. The predicted octanol–water partition coefficient (Wildman–Crippen LogP) is 5.10. The van der Waals surface area contributed by atoms with E-state index in [1.807, 2.05) is 37.3 Å². The summed E-state index contributed by atoms with van der Waals surface area (Å²) in [5.74, 6) is -0.166. The van der Waals surface area contributed by atoms with E-state index in [-0.39, 0.29) is 11.3 Å². The summed E-state index contributed by atoms with van der Waals surface area (Å²) in [4.78, 5) is 17.2. The number of aliphatic imine (C=N–C) groups is 1. The monoisotopic (exact) mass is 378 g/mol. The highest BCUT2D eigenvalue weighted by atomic mass is 35.5. The standard InChI is InChI=1S/C18H16Cl2N2OS/c1-10-3-6-14(7-11(10)2)21-18-22-17(23)16(24-18)8-12-4-5-13(19)9-15(12)20/h3-8,13H,9H2,1-2H3,(H,21,22,23)/b16-8-/t13-/m0/s1. The number of hydrogen-bond donors (Lipinski definition) is 1. The van der Waals surface area contributed by atoms with Crippen LogP contribution in [0.1, 0.15) is 17.5 Å². The molecule has 1 fully saturated rings. The molecule has 3 nitrogen and oxygen atoms in total. The maximum absolute atomic E-state index is 12.1. The first-order valence-corrected chi connectivity index (χ1v) is 9.13. The molecule has 1 aliphatic heterocycles. The molecule has 1 aliphatic carbocycles. The molecule has 0 spiro atoms. The molecule has 0 aromatic heterocycles. The molecule has 1 aromatic carbocycles. The Morgan fingerprint density at radius 2 is 2.12 bits per heavy atom. The Bertz CT molecular complexity index is 824. The van der Waals surface area contributed by atoms with Crippen LogP contribution in [0.5, 0.6) is 0 Å². The molecule has 1 N–H and O–H groups in total. The molecule has 0 saturated carbocycles. The fourth-order valence-corrected chi connectivity index (χ4v) is 3.74. The summed E-state index contributed by atoms with van der Waals surface area (Å²) < 4.78 is 0. The first-order chi connectivity index (χ1) is 11.4. The van der Waals surface area contributed by atoms with Crippen molar-refractivity contribution in [2.24, 2.45) is 4.99 Å². The number of nitrogens with zero attached hydrogens (tertiary/aromatic N) is 1. The Hall–Kier alpha value is -1.49. The number of amidine groups is 1. The number of allylic oxidation sites excluding steroid dienone is 5. The summed E-state index contributed by atoms with van der Waals surface area (Å²) >= 11 is 13.6. The number of aryl methyl sites for hydroxylation is 2. The molecule has 1 amide bonds. The number of nitrogens with one attached hydrogen (secondary N) is 1. The Labute approximate surface area is 155 Å². The van der Waals surface area contributed by atoms with Gasteiger partial charge in [0.15, 0.2) is 5.17 Å². The first kappa shape index (κ1) is 17.3. The Morgan fingerprint density at radius 3 is 2.83 bits per heavy atom. The summed E-state index contributed by atoms with van der Waals surface area (Å²) in [6.07, 6.45) is 6.09. The number of alkyl halides is 1. The van der Waals surface area contributed by atoms with Crippen LogP contribution < -0.4 is 5.32 Å². The van der Waals surface area contributed by atoms with Crippen LogP contribution >= 0.6 is 35.0 Å². The van der Waals surface area contributed by atoms with Crippen molar-refractivity contribution in [2.45, 2.75) is 25.6 Å². The van der Waals surface area contributed by atoms with Crippen LogP contribution in [0.3, 0.4) is 0 Å². The van der Waals surface area contributed by atoms with E-state index in [1.54, 1.807) is 6.08 Å². The highest BCUT2D eigenvalue weighted by molar-refractivity contribution is 8.18. The lowest BCUT2D eigenvalue weighted by Crippen LogP contribution is -2.19. The number of carbonyl (C=O) groups is 1. The van der Waals surface area contributed by atoms with Crippen LogP contribution in [0, 0.1) is 13.8 Å². The summed E-state index contributed by atoms with van der Waals surface area (Å²) in [6, 6.07) is 5.96. The summed E-state index contributed by atoms with van der Waals surface area (Å²) in [5, 5.41) is 3.93. The Balaban J connectivity index is 1.82. The van der Waals surface area contributed by atoms with E-state index in [9.17, 15) is 4.79 Å². The van der Waals surface area contributed by atoms with Crippen molar-refractivity contribution >= 4 is 51.7 Å². The zero-order valence-electron chi connectivity index (χ0n) is 13.3. The maximum Gasteiger partial charge on any atom is 0.264 e. The second kappa shape index (κ2) is 7.18. The van der Waals surface area contributed by atoms with Gasteiger partial charge in [-0.2, -0.15) is 0 Å². The van der Waals surface area contributed by atoms with Crippen LogP contribution in [0.25, 0.3) is 0 Å². The summed E-state index contributed by atoms with van der Waals surface area (Å²) in [7, 11) is 0. The fourth-order valence-electron chi connectivity index (χ4n) is 2.32. The molecular weight excluding hydrogens is 363 g/mol. The van der Waals surface area contributed by atoms with E-state index < -0.39 is 0 Å². The van der Waals surface area contributed by atoms with Gasteiger partial charge in [0.25, 0.3) is 5.91 Å². The number of amides is 1. The molecule has 1 saturated heterocycles. The molecule has 1 heterocycles. The van der Waals surface area contributed by atoms with Gasteiger partial charge in [-0.05, 0) is 60.5 Å². The third-order valence-electron chi connectivity index (χ3n) is 3.83. The van der Waals surface area contributed by atoms with E-state index in [0.29, 0.717) is 21.5 Å². The van der Waals surface area contributed by atoms with E-state index in [2.05, 4.69) is 17.2 Å². The smallest absolute Gasteiger partial charge is 0.264 e. The van der Waals surface area contributed by atoms with Crippen molar-refractivity contribution in [2.75, 3.05) is 0 Å². The van der Waals surface area contributed by atoms with Gasteiger partial charge in [0, 0.05) is 11.5 Å². The van der Waals surface area contributed by atoms with Crippen LogP contribution in [0.15, 0.2) is 56.9 Å². The molecule has 0 radical (unpaired) electrons. The topological polar surface area (TPSA) is 41.5 Å². The first-order valence-electron chi connectivity index (χ1n) is 7.50. The molecule has 6 heteroatoms.